The molecular weight excluding hydrogens is 232 g/mol. The highest BCUT2D eigenvalue weighted by Crippen LogP contribution is 2.32. The Hall–Kier alpha value is -0.650. The number of carbonyl (C=O) groups is 1. The van der Waals surface area contributed by atoms with Gasteiger partial charge in [-0.3, -0.25) is 4.79 Å². The van der Waals surface area contributed by atoms with Crippen molar-refractivity contribution in [2.75, 3.05) is 19.8 Å². The number of carbonyl (C=O) groups excluding carboxylic acids is 1. The molecule has 2 atom stereocenters. The van der Waals surface area contributed by atoms with Crippen LogP contribution < -0.4 is 11.1 Å². The van der Waals surface area contributed by atoms with E-state index in [1.807, 2.05) is 6.92 Å². The summed E-state index contributed by atoms with van der Waals surface area (Å²) in [4.78, 5) is 12.4. The maximum atomic E-state index is 12.4. The van der Waals surface area contributed by atoms with Crippen LogP contribution in [0.2, 0.25) is 0 Å². The number of amides is 1. The molecule has 5 heteroatoms. The quantitative estimate of drug-likeness (QED) is 0.671. The minimum Gasteiger partial charge on any atom is -0.394 e. The van der Waals surface area contributed by atoms with Crippen LogP contribution in [0.25, 0.3) is 0 Å². The molecule has 0 aromatic carbocycles. The molecule has 0 aromatic heterocycles. The minimum atomic E-state index is -0.667. The number of ether oxygens (including phenoxy) is 1. The fraction of sp³-hybridized carbons (Fsp3) is 0.923. The van der Waals surface area contributed by atoms with Gasteiger partial charge in [0.2, 0.25) is 5.91 Å². The maximum absolute atomic E-state index is 12.4. The van der Waals surface area contributed by atoms with Crippen molar-refractivity contribution in [1.82, 2.24) is 5.32 Å². The van der Waals surface area contributed by atoms with Crippen LogP contribution >= 0.6 is 0 Å². The lowest BCUT2D eigenvalue weighted by atomic mass is 9.79. The van der Waals surface area contributed by atoms with Gasteiger partial charge in [0.15, 0.2) is 0 Å². The van der Waals surface area contributed by atoms with E-state index in [9.17, 15) is 9.90 Å². The molecule has 2 unspecified atom stereocenters. The lowest BCUT2D eigenvalue weighted by Gasteiger charge is -2.39. The Labute approximate surface area is 108 Å². The summed E-state index contributed by atoms with van der Waals surface area (Å²) in [7, 11) is 0. The molecular formula is C13H24N2O3. The van der Waals surface area contributed by atoms with E-state index in [1.165, 1.54) is 6.42 Å². The molecule has 0 aromatic rings. The Morgan fingerprint density at radius 3 is 2.61 bits per heavy atom. The number of rotatable bonds is 3. The monoisotopic (exact) mass is 256 g/mol. The number of nitrogens with one attached hydrogen (secondary N) is 1. The van der Waals surface area contributed by atoms with Crippen LogP contribution in [0.5, 0.6) is 0 Å². The van der Waals surface area contributed by atoms with E-state index < -0.39 is 11.0 Å². The molecule has 1 aliphatic carbocycles. The highest BCUT2D eigenvalue weighted by molar-refractivity contribution is 5.84. The topological polar surface area (TPSA) is 84.6 Å². The molecule has 0 spiro atoms. The highest BCUT2D eigenvalue weighted by Gasteiger charge is 2.47. The second-order valence-corrected chi connectivity index (χ2v) is 5.99. The van der Waals surface area contributed by atoms with Gasteiger partial charge in [-0.25, -0.2) is 0 Å². The van der Waals surface area contributed by atoms with Crippen LogP contribution in [-0.2, 0) is 9.53 Å². The summed E-state index contributed by atoms with van der Waals surface area (Å²) in [5.74, 6) is -0.0801. The van der Waals surface area contributed by atoms with Crippen molar-refractivity contribution in [2.24, 2.45) is 11.1 Å². The molecule has 104 valence electrons. The smallest absolute Gasteiger partial charge is 0.230 e. The molecule has 5 nitrogen and oxygen atoms in total. The average molecular weight is 256 g/mol. The molecule has 1 amide bonds. The second kappa shape index (κ2) is 5.15. The zero-order valence-corrected chi connectivity index (χ0v) is 11.1. The first-order chi connectivity index (χ1) is 8.52. The molecule has 2 aliphatic rings. The van der Waals surface area contributed by atoms with Crippen molar-refractivity contribution in [1.29, 1.82) is 0 Å². The van der Waals surface area contributed by atoms with Crippen LogP contribution in [0.1, 0.15) is 39.0 Å². The van der Waals surface area contributed by atoms with Gasteiger partial charge in [-0.05, 0) is 19.8 Å². The van der Waals surface area contributed by atoms with E-state index in [4.69, 9.17) is 10.5 Å². The fourth-order valence-electron chi connectivity index (χ4n) is 2.86. The van der Waals surface area contributed by atoms with Crippen LogP contribution in [0.3, 0.4) is 0 Å². The Morgan fingerprint density at radius 2 is 2.11 bits per heavy atom. The average Bonchev–Trinajstić information content (AvgIpc) is 2.72. The molecule has 1 aliphatic heterocycles. The summed E-state index contributed by atoms with van der Waals surface area (Å²) >= 11 is 0. The Kier molecular flexibility index (Phi) is 3.94. The first-order valence-electron chi connectivity index (χ1n) is 6.79. The number of aliphatic hydroxyl groups excluding tert-OH is 1. The van der Waals surface area contributed by atoms with E-state index in [1.54, 1.807) is 0 Å². The molecule has 1 saturated heterocycles. The molecule has 1 heterocycles. The summed E-state index contributed by atoms with van der Waals surface area (Å²) in [6, 6.07) is -0.267. The SMILES string of the molecule is CC1(C(=O)NC2(CO)CCCCC2)COCC1N. The van der Waals surface area contributed by atoms with Crippen molar-refractivity contribution < 1.29 is 14.6 Å². The van der Waals surface area contributed by atoms with Gasteiger partial charge in [-0.1, -0.05) is 19.3 Å². The van der Waals surface area contributed by atoms with Gasteiger partial charge in [-0.2, -0.15) is 0 Å². The van der Waals surface area contributed by atoms with Gasteiger partial charge < -0.3 is 20.9 Å². The van der Waals surface area contributed by atoms with Crippen molar-refractivity contribution >= 4 is 5.91 Å². The lowest BCUT2D eigenvalue weighted by molar-refractivity contribution is -0.134. The number of hydrogen-bond acceptors (Lipinski definition) is 4. The second-order valence-electron chi connectivity index (χ2n) is 5.99. The number of aliphatic hydroxyl groups is 1. The largest absolute Gasteiger partial charge is 0.394 e. The lowest BCUT2D eigenvalue weighted by Crippen LogP contribution is -2.59. The van der Waals surface area contributed by atoms with Crippen molar-refractivity contribution in [3.63, 3.8) is 0 Å². The van der Waals surface area contributed by atoms with Gasteiger partial charge in [-0.15, -0.1) is 0 Å². The van der Waals surface area contributed by atoms with Crippen LogP contribution in [0.15, 0.2) is 0 Å². The molecule has 0 bridgehead atoms. The number of nitrogens with two attached hydrogens (primary N) is 1. The molecule has 0 radical (unpaired) electrons. The fourth-order valence-corrected chi connectivity index (χ4v) is 2.86. The van der Waals surface area contributed by atoms with Gasteiger partial charge in [0.1, 0.15) is 0 Å². The zero-order chi connectivity index (χ0) is 13.2. The summed E-state index contributed by atoms with van der Waals surface area (Å²) in [5.41, 5.74) is 4.84. The van der Waals surface area contributed by atoms with Crippen LogP contribution in [0, 0.1) is 5.41 Å². The van der Waals surface area contributed by atoms with E-state index in [2.05, 4.69) is 5.32 Å². The van der Waals surface area contributed by atoms with Crippen molar-refractivity contribution in [3.05, 3.63) is 0 Å². The van der Waals surface area contributed by atoms with Gasteiger partial charge in [0.05, 0.1) is 30.8 Å². The van der Waals surface area contributed by atoms with Crippen molar-refractivity contribution in [2.45, 2.75) is 50.6 Å². The van der Waals surface area contributed by atoms with E-state index in [0.717, 1.165) is 25.7 Å². The Bertz CT molecular complexity index is 315. The van der Waals surface area contributed by atoms with Gasteiger partial charge in [0.25, 0.3) is 0 Å². The highest BCUT2D eigenvalue weighted by atomic mass is 16.5. The molecule has 4 N–H and O–H groups in total. The molecule has 1 saturated carbocycles. The third-order valence-electron chi connectivity index (χ3n) is 4.53. The van der Waals surface area contributed by atoms with Gasteiger partial charge >= 0.3 is 0 Å². The number of hydrogen-bond donors (Lipinski definition) is 3. The van der Waals surface area contributed by atoms with Crippen LogP contribution in [-0.4, -0.2) is 42.4 Å². The zero-order valence-electron chi connectivity index (χ0n) is 11.1. The summed E-state index contributed by atoms with van der Waals surface area (Å²) in [5, 5.41) is 12.7. The van der Waals surface area contributed by atoms with Crippen molar-refractivity contribution in [3.8, 4) is 0 Å². The molecule has 2 rings (SSSR count). The first-order valence-corrected chi connectivity index (χ1v) is 6.79. The summed E-state index contributed by atoms with van der Waals surface area (Å²) in [6.07, 6.45) is 4.99. The maximum Gasteiger partial charge on any atom is 0.230 e. The van der Waals surface area contributed by atoms with E-state index in [0.29, 0.717) is 13.2 Å². The molecule has 2 fully saturated rings. The van der Waals surface area contributed by atoms with Crippen LogP contribution in [0.4, 0.5) is 0 Å². The molecule has 18 heavy (non-hydrogen) atoms. The minimum absolute atomic E-state index is 0.00488. The third-order valence-corrected chi connectivity index (χ3v) is 4.53. The Morgan fingerprint density at radius 1 is 1.44 bits per heavy atom. The predicted molar refractivity (Wildman–Crippen MR) is 67.9 cm³/mol. The van der Waals surface area contributed by atoms with Gasteiger partial charge in [0, 0.05) is 6.04 Å². The normalized spacial score (nSPS) is 35.4. The summed E-state index contributed by atoms with van der Waals surface area (Å²) < 4.78 is 5.30. The summed E-state index contributed by atoms with van der Waals surface area (Å²) in [6.45, 7) is 2.64. The first kappa shape index (κ1) is 13.8. The van der Waals surface area contributed by atoms with E-state index in [-0.39, 0.29) is 18.6 Å². The predicted octanol–water partition coefficient (Wildman–Crippen LogP) is 0.162. The van der Waals surface area contributed by atoms with E-state index >= 15 is 0 Å². The third kappa shape index (κ3) is 2.39. The standard InChI is InChI=1S/C13H24N2O3/c1-12(9-18-7-10(12)14)11(17)15-13(8-16)5-3-2-4-6-13/h10,16H,2-9,14H2,1H3,(H,15,17). The Balaban J connectivity index is 2.05.